The van der Waals surface area contributed by atoms with Gasteiger partial charge in [-0.3, -0.25) is 5.10 Å². The minimum atomic E-state index is 0.478. The molecule has 3 heterocycles. The fraction of sp³-hybridized carbons (Fsp3) is 0.417. The number of hydrogen-bond acceptors (Lipinski definition) is 6. The molecule has 1 atom stereocenters. The predicted molar refractivity (Wildman–Crippen MR) is 78.4 cm³/mol. The summed E-state index contributed by atoms with van der Waals surface area (Å²) in [7, 11) is 0. The number of H-pyrrole nitrogens is 1. The maximum absolute atomic E-state index is 6.11. The lowest BCUT2D eigenvalue weighted by molar-refractivity contribution is 0.632. The van der Waals surface area contributed by atoms with Crippen LogP contribution < -0.4 is 16.0 Å². The Morgan fingerprint density at radius 3 is 3.10 bits per heavy atom. The Morgan fingerprint density at radius 2 is 2.35 bits per heavy atom. The summed E-state index contributed by atoms with van der Waals surface area (Å²) in [5, 5.41) is 16.8. The molecule has 3 rings (SSSR count). The molecule has 2 aromatic heterocycles. The van der Waals surface area contributed by atoms with E-state index in [0.29, 0.717) is 22.8 Å². The zero-order chi connectivity index (χ0) is 13.8. The fourth-order valence-corrected chi connectivity index (χ4v) is 2.31. The molecule has 2 aromatic rings. The van der Waals surface area contributed by atoms with E-state index < -0.39 is 0 Å². The van der Waals surface area contributed by atoms with Crippen molar-refractivity contribution in [3.8, 4) is 0 Å². The van der Waals surface area contributed by atoms with Crippen molar-refractivity contribution in [1.82, 2.24) is 25.5 Å². The molecule has 0 radical (unpaired) electrons. The Balaban J connectivity index is 1.66. The van der Waals surface area contributed by atoms with E-state index in [2.05, 4.69) is 36.1 Å². The van der Waals surface area contributed by atoms with Gasteiger partial charge in [-0.15, -0.1) is 0 Å². The summed E-state index contributed by atoms with van der Waals surface area (Å²) in [5.74, 6) is 1.12. The molecular formula is C12H16ClN7. The number of aromatic nitrogens is 4. The second kappa shape index (κ2) is 6.06. The number of aromatic amines is 1. The van der Waals surface area contributed by atoms with Crippen LogP contribution in [0.15, 0.2) is 18.6 Å². The molecule has 0 amide bonds. The Labute approximate surface area is 121 Å². The summed E-state index contributed by atoms with van der Waals surface area (Å²) in [6.07, 6.45) is 7.37. The van der Waals surface area contributed by atoms with Crippen molar-refractivity contribution in [3.05, 3.63) is 23.6 Å². The van der Waals surface area contributed by atoms with Gasteiger partial charge in [0.25, 0.3) is 0 Å². The highest BCUT2D eigenvalue weighted by Crippen LogP contribution is 2.21. The maximum Gasteiger partial charge on any atom is 0.229 e. The van der Waals surface area contributed by atoms with Crippen LogP contribution in [0.25, 0.3) is 0 Å². The number of hydrogen-bond donors (Lipinski definition) is 4. The van der Waals surface area contributed by atoms with Crippen molar-refractivity contribution < 1.29 is 0 Å². The summed E-state index contributed by atoms with van der Waals surface area (Å²) in [6.45, 7) is 1.89. The molecule has 0 saturated carbocycles. The molecule has 0 aromatic carbocycles. The molecule has 8 heteroatoms. The third-order valence-corrected chi connectivity index (χ3v) is 3.45. The van der Waals surface area contributed by atoms with Crippen molar-refractivity contribution in [2.75, 3.05) is 23.7 Å². The van der Waals surface area contributed by atoms with Gasteiger partial charge in [-0.05, 0) is 19.4 Å². The lowest BCUT2D eigenvalue weighted by Crippen LogP contribution is -2.29. The first kappa shape index (κ1) is 13.1. The van der Waals surface area contributed by atoms with E-state index in [1.807, 2.05) is 0 Å². The van der Waals surface area contributed by atoms with Gasteiger partial charge >= 0.3 is 0 Å². The number of halogens is 1. The largest absolute Gasteiger partial charge is 0.367 e. The molecule has 1 aliphatic rings. The lowest BCUT2D eigenvalue weighted by Gasteiger charge is -2.13. The van der Waals surface area contributed by atoms with Crippen LogP contribution in [0.4, 0.5) is 17.5 Å². The second-order valence-corrected chi connectivity index (χ2v) is 5.08. The van der Waals surface area contributed by atoms with Crippen LogP contribution in [-0.4, -0.2) is 39.3 Å². The van der Waals surface area contributed by atoms with Crippen molar-refractivity contribution >= 4 is 29.1 Å². The van der Waals surface area contributed by atoms with Crippen molar-refractivity contribution in [1.29, 1.82) is 0 Å². The van der Waals surface area contributed by atoms with Crippen LogP contribution in [-0.2, 0) is 0 Å². The van der Waals surface area contributed by atoms with Crippen LogP contribution in [0.2, 0.25) is 5.02 Å². The molecule has 1 fully saturated rings. The van der Waals surface area contributed by atoms with Crippen LogP contribution in [0, 0.1) is 0 Å². The van der Waals surface area contributed by atoms with Crippen LogP contribution in [0.5, 0.6) is 0 Å². The molecule has 7 nitrogen and oxygen atoms in total. The summed E-state index contributed by atoms with van der Waals surface area (Å²) in [5.41, 5.74) is 0.802. The minimum absolute atomic E-state index is 0.478. The van der Waals surface area contributed by atoms with Gasteiger partial charge in [0.05, 0.1) is 18.1 Å². The first-order valence-electron chi connectivity index (χ1n) is 6.57. The first-order chi connectivity index (χ1) is 9.81. The van der Waals surface area contributed by atoms with Crippen LogP contribution in [0.1, 0.15) is 12.8 Å². The van der Waals surface area contributed by atoms with Gasteiger partial charge in [-0.1, -0.05) is 11.6 Å². The molecule has 0 aliphatic carbocycles. The van der Waals surface area contributed by atoms with E-state index in [1.54, 1.807) is 18.6 Å². The van der Waals surface area contributed by atoms with Crippen molar-refractivity contribution in [3.63, 3.8) is 0 Å². The molecule has 0 bridgehead atoms. The topological polar surface area (TPSA) is 90.6 Å². The molecule has 0 spiro atoms. The first-order valence-corrected chi connectivity index (χ1v) is 6.94. The highest BCUT2D eigenvalue weighted by atomic mass is 35.5. The summed E-state index contributed by atoms with van der Waals surface area (Å²) in [4.78, 5) is 8.52. The average Bonchev–Trinajstić information content (AvgIpc) is 3.12. The molecule has 4 N–H and O–H groups in total. The third kappa shape index (κ3) is 3.17. The van der Waals surface area contributed by atoms with Gasteiger partial charge in [-0.2, -0.15) is 10.1 Å². The van der Waals surface area contributed by atoms with Gasteiger partial charge < -0.3 is 16.0 Å². The molecule has 106 valence electrons. The quantitative estimate of drug-likeness (QED) is 0.671. The summed E-state index contributed by atoms with van der Waals surface area (Å²) >= 11 is 6.11. The lowest BCUT2D eigenvalue weighted by atomic mass is 10.2. The SMILES string of the molecule is Clc1cnc(Nc2cn[nH]c2)nc1NCC1CCCN1. The van der Waals surface area contributed by atoms with Crippen LogP contribution in [0.3, 0.4) is 0 Å². The van der Waals surface area contributed by atoms with Crippen molar-refractivity contribution in [2.24, 2.45) is 0 Å². The van der Waals surface area contributed by atoms with Gasteiger partial charge in [0.2, 0.25) is 5.95 Å². The highest BCUT2D eigenvalue weighted by molar-refractivity contribution is 6.32. The van der Waals surface area contributed by atoms with Gasteiger partial charge in [0.1, 0.15) is 5.02 Å². The smallest absolute Gasteiger partial charge is 0.229 e. The van der Waals surface area contributed by atoms with E-state index in [9.17, 15) is 0 Å². The van der Waals surface area contributed by atoms with Gasteiger partial charge in [0.15, 0.2) is 5.82 Å². The molecule has 20 heavy (non-hydrogen) atoms. The Morgan fingerprint density at radius 1 is 1.40 bits per heavy atom. The van der Waals surface area contributed by atoms with E-state index in [0.717, 1.165) is 18.8 Å². The summed E-state index contributed by atoms with van der Waals surface area (Å²) < 4.78 is 0. The highest BCUT2D eigenvalue weighted by Gasteiger charge is 2.14. The zero-order valence-electron chi connectivity index (χ0n) is 10.9. The number of nitrogens with one attached hydrogen (secondary N) is 4. The Kier molecular flexibility index (Phi) is 3.98. The predicted octanol–water partition coefficient (Wildman–Crippen LogP) is 1.76. The molecule has 1 unspecified atom stereocenters. The maximum atomic E-state index is 6.11. The van der Waals surface area contributed by atoms with Gasteiger partial charge in [-0.25, -0.2) is 4.98 Å². The minimum Gasteiger partial charge on any atom is -0.367 e. The van der Waals surface area contributed by atoms with E-state index >= 15 is 0 Å². The summed E-state index contributed by atoms with van der Waals surface area (Å²) in [6, 6.07) is 0.478. The van der Waals surface area contributed by atoms with E-state index in [4.69, 9.17) is 11.6 Å². The Hall–Kier alpha value is -1.86. The normalized spacial score (nSPS) is 18.1. The fourth-order valence-electron chi connectivity index (χ4n) is 2.15. The Bertz CT molecular complexity index is 551. The number of rotatable bonds is 5. The van der Waals surface area contributed by atoms with Crippen molar-refractivity contribution in [2.45, 2.75) is 18.9 Å². The van der Waals surface area contributed by atoms with Gasteiger partial charge in [0, 0.05) is 18.8 Å². The molecule has 1 aliphatic heterocycles. The zero-order valence-corrected chi connectivity index (χ0v) is 11.6. The standard InChI is InChI=1S/C12H16ClN7/c13-10-7-16-12(19-9-5-17-18-6-9)20-11(10)15-4-8-2-1-3-14-8/h5-8,14H,1-4H2,(H,17,18)(H2,15,16,19,20). The van der Waals surface area contributed by atoms with E-state index in [-0.39, 0.29) is 0 Å². The molecular weight excluding hydrogens is 278 g/mol. The molecule has 1 saturated heterocycles. The average molecular weight is 294 g/mol. The third-order valence-electron chi connectivity index (χ3n) is 3.18. The van der Waals surface area contributed by atoms with Crippen LogP contribution >= 0.6 is 11.6 Å². The number of anilines is 3. The second-order valence-electron chi connectivity index (χ2n) is 4.68. The van der Waals surface area contributed by atoms with E-state index in [1.165, 1.54) is 12.8 Å². The number of nitrogens with zero attached hydrogens (tertiary/aromatic N) is 3. The monoisotopic (exact) mass is 293 g/mol.